The number of para-hydroxylation sites is 1. The second-order valence-electron chi connectivity index (χ2n) is 5.20. The molecule has 0 bridgehead atoms. The van der Waals surface area contributed by atoms with Crippen molar-refractivity contribution >= 4 is 17.9 Å². The van der Waals surface area contributed by atoms with E-state index in [1.54, 1.807) is 39.0 Å². The Bertz CT molecular complexity index is 548. The van der Waals surface area contributed by atoms with Crippen molar-refractivity contribution in [1.29, 1.82) is 0 Å². The largest absolute Gasteiger partial charge is 0.514 e. The monoisotopic (exact) mass is 273 g/mol. The predicted octanol–water partition coefficient (Wildman–Crippen LogP) is 4.94. The number of rotatable bonds is 3. The van der Waals surface area contributed by atoms with Crippen LogP contribution in [0.2, 0.25) is 0 Å². The van der Waals surface area contributed by atoms with E-state index in [1.807, 2.05) is 19.1 Å². The van der Waals surface area contributed by atoms with Crippen molar-refractivity contribution in [2.24, 2.45) is 0 Å². The highest BCUT2D eigenvalue weighted by atomic mass is 16.7. The lowest BCUT2D eigenvalue weighted by Crippen LogP contribution is -2.24. The highest BCUT2D eigenvalue weighted by Crippen LogP contribution is 2.23. The average molecular weight is 273 g/mol. The summed E-state index contributed by atoms with van der Waals surface area (Å²) in [6, 6.07) is 7.16. The fourth-order valence-electron chi connectivity index (χ4n) is 1.47. The van der Waals surface area contributed by atoms with Gasteiger partial charge in [-0.2, -0.15) is 0 Å². The predicted molar refractivity (Wildman–Crippen MR) is 78.3 cm³/mol. The van der Waals surface area contributed by atoms with Crippen molar-refractivity contribution < 1.29 is 14.3 Å². The van der Waals surface area contributed by atoms with E-state index < -0.39 is 11.8 Å². The first-order valence-corrected chi connectivity index (χ1v) is 6.43. The van der Waals surface area contributed by atoms with E-state index in [-0.39, 0.29) is 0 Å². The van der Waals surface area contributed by atoms with Crippen LogP contribution in [0.5, 0.6) is 0 Å². The Labute approximate surface area is 119 Å². The quantitative estimate of drug-likeness (QED) is 0.445. The Morgan fingerprint density at radius 3 is 2.55 bits per heavy atom. The van der Waals surface area contributed by atoms with E-state index in [0.29, 0.717) is 17.9 Å². The smallest absolute Gasteiger partial charge is 0.428 e. The van der Waals surface area contributed by atoms with Gasteiger partial charge in [-0.1, -0.05) is 31.2 Å². The number of carbonyl (C=O) groups is 1. The molecule has 0 unspecified atom stereocenters. The number of benzene rings is 1. The Balaban J connectivity index is 2.88. The van der Waals surface area contributed by atoms with Crippen molar-refractivity contribution in [3.8, 4) is 0 Å². The zero-order chi connectivity index (χ0) is 15.2. The molecule has 1 aromatic carbocycles. The van der Waals surface area contributed by atoms with Crippen LogP contribution in [0.4, 0.5) is 10.5 Å². The Kier molecular flexibility index (Phi) is 5.33. The first kappa shape index (κ1) is 15.8. The minimum Gasteiger partial charge on any atom is -0.428 e. The van der Waals surface area contributed by atoms with Crippen molar-refractivity contribution in [2.45, 2.75) is 39.7 Å². The summed E-state index contributed by atoms with van der Waals surface area (Å²) in [5.41, 5.74) is 0.652. The van der Waals surface area contributed by atoms with Gasteiger partial charge in [-0.25, -0.2) is 9.64 Å². The lowest BCUT2D eigenvalue weighted by molar-refractivity contribution is 0.00597. The number of hydrogen-bond donors (Lipinski definition) is 0. The second-order valence-corrected chi connectivity index (χ2v) is 5.20. The minimum absolute atomic E-state index is 0.468. The molecule has 0 saturated heterocycles. The molecular formula is C16H19NO3. The van der Waals surface area contributed by atoms with Gasteiger partial charge in [0.2, 0.25) is 0 Å². The highest BCUT2D eigenvalue weighted by molar-refractivity contribution is 5.70. The summed E-state index contributed by atoms with van der Waals surface area (Å²) in [5, 5.41) is 0. The van der Waals surface area contributed by atoms with Crippen LogP contribution in [-0.2, 0) is 9.47 Å². The Hall–Kier alpha value is -2.28. The fraction of sp³-hybridized carbons (Fsp3) is 0.375. The van der Waals surface area contributed by atoms with Gasteiger partial charge in [-0.3, -0.25) is 0 Å². The van der Waals surface area contributed by atoms with Crippen LogP contribution in [0.25, 0.3) is 10.9 Å². The van der Waals surface area contributed by atoms with Crippen LogP contribution in [0.15, 0.2) is 30.0 Å². The van der Waals surface area contributed by atoms with E-state index in [2.05, 4.69) is 4.85 Å². The molecule has 106 valence electrons. The van der Waals surface area contributed by atoms with Crippen LogP contribution in [-0.4, -0.2) is 11.8 Å². The minimum atomic E-state index is -0.731. The number of nitrogens with zero attached hydrogens (tertiary/aromatic N) is 1. The molecule has 0 aliphatic rings. The maximum absolute atomic E-state index is 11.6. The highest BCUT2D eigenvalue weighted by Gasteiger charge is 2.18. The lowest BCUT2D eigenvalue weighted by atomic mass is 10.1. The third kappa shape index (κ3) is 5.15. The van der Waals surface area contributed by atoms with Gasteiger partial charge in [0.25, 0.3) is 0 Å². The second kappa shape index (κ2) is 6.76. The normalized spacial score (nSPS) is 11.7. The molecule has 20 heavy (non-hydrogen) atoms. The van der Waals surface area contributed by atoms with Crippen molar-refractivity contribution in [2.75, 3.05) is 0 Å². The molecule has 0 amide bonds. The van der Waals surface area contributed by atoms with Gasteiger partial charge in [-0.05, 0) is 32.4 Å². The lowest BCUT2D eigenvalue weighted by Gasteiger charge is -2.19. The molecule has 1 aromatic rings. The van der Waals surface area contributed by atoms with Gasteiger partial charge in [0.15, 0.2) is 5.69 Å². The molecule has 0 N–H and O–H groups in total. The maximum atomic E-state index is 11.6. The first-order chi connectivity index (χ1) is 9.35. The van der Waals surface area contributed by atoms with Crippen molar-refractivity contribution in [3.05, 3.63) is 47.0 Å². The van der Waals surface area contributed by atoms with Crippen LogP contribution in [0.1, 0.15) is 39.7 Å². The van der Waals surface area contributed by atoms with Crippen LogP contribution in [0.3, 0.4) is 0 Å². The summed E-state index contributed by atoms with van der Waals surface area (Å²) in [4.78, 5) is 15.1. The average Bonchev–Trinajstić information content (AvgIpc) is 2.36. The van der Waals surface area contributed by atoms with Crippen molar-refractivity contribution in [3.63, 3.8) is 0 Å². The topological polar surface area (TPSA) is 39.9 Å². The molecule has 0 spiro atoms. The summed E-state index contributed by atoms with van der Waals surface area (Å²) in [6.45, 7) is 14.3. The third-order valence-electron chi connectivity index (χ3n) is 2.33. The van der Waals surface area contributed by atoms with E-state index in [0.717, 1.165) is 5.56 Å². The summed E-state index contributed by atoms with van der Waals surface area (Å²) < 4.78 is 10.3. The van der Waals surface area contributed by atoms with E-state index in [4.69, 9.17) is 16.0 Å². The molecule has 0 radical (unpaired) electrons. The molecule has 0 heterocycles. The zero-order valence-electron chi connectivity index (χ0n) is 12.3. The zero-order valence-corrected chi connectivity index (χ0v) is 12.3. The van der Waals surface area contributed by atoms with Gasteiger partial charge >= 0.3 is 6.16 Å². The van der Waals surface area contributed by atoms with Gasteiger partial charge in [-0.15, -0.1) is 0 Å². The first-order valence-electron chi connectivity index (χ1n) is 6.43. The van der Waals surface area contributed by atoms with E-state index in [9.17, 15) is 4.79 Å². The van der Waals surface area contributed by atoms with Gasteiger partial charge in [0.05, 0.1) is 6.57 Å². The molecule has 0 aromatic heterocycles. The molecular weight excluding hydrogens is 254 g/mol. The Morgan fingerprint density at radius 2 is 2.00 bits per heavy atom. The molecule has 0 aliphatic heterocycles. The van der Waals surface area contributed by atoms with Gasteiger partial charge in [0, 0.05) is 6.42 Å². The summed E-state index contributed by atoms with van der Waals surface area (Å²) >= 11 is 0. The third-order valence-corrected chi connectivity index (χ3v) is 2.33. The van der Waals surface area contributed by atoms with Crippen LogP contribution in [0, 0.1) is 6.57 Å². The van der Waals surface area contributed by atoms with Crippen LogP contribution >= 0.6 is 0 Å². The number of carbonyl (C=O) groups excluding carboxylic acids is 1. The molecule has 0 saturated carbocycles. The fourth-order valence-corrected chi connectivity index (χ4v) is 1.47. The molecule has 0 fully saturated rings. The summed E-state index contributed by atoms with van der Waals surface area (Å²) in [5.74, 6) is 0.468. The molecule has 1 rings (SSSR count). The van der Waals surface area contributed by atoms with E-state index in [1.165, 1.54) is 0 Å². The standard InChI is InChI=1S/C16H19NO3/c1-6-13(19-15(18)20-16(2,3)4)11-12-9-7-8-10-14(12)17-5/h7-11H,6H2,1-4H3/b13-11-. The van der Waals surface area contributed by atoms with Gasteiger partial charge in [0.1, 0.15) is 11.4 Å². The van der Waals surface area contributed by atoms with Crippen molar-refractivity contribution in [1.82, 2.24) is 0 Å². The number of ether oxygens (including phenoxy) is 2. The Morgan fingerprint density at radius 1 is 1.35 bits per heavy atom. The molecule has 0 atom stereocenters. The van der Waals surface area contributed by atoms with E-state index >= 15 is 0 Å². The summed E-state index contributed by atoms with van der Waals surface area (Å²) in [6.07, 6.45) is 1.49. The number of hydrogen-bond acceptors (Lipinski definition) is 3. The number of allylic oxidation sites excluding steroid dienone is 1. The SMILES string of the molecule is [C-]#[N+]c1ccccc1/C=C(/CC)OC(=O)OC(C)(C)C. The molecule has 4 heteroatoms. The molecule has 4 nitrogen and oxygen atoms in total. The van der Waals surface area contributed by atoms with Gasteiger partial charge < -0.3 is 9.47 Å². The maximum Gasteiger partial charge on any atom is 0.514 e. The van der Waals surface area contributed by atoms with Crippen LogP contribution < -0.4 is 0 Å². The summed E-state index contributed by atoms with van der Waals surface area (Å²) in [7, 11) is 0. The molecule has 0 aliphatic carbocycles.